The highest BCUT2D eigenvalue weighted by Crippen LogP contribution is 2.07. The molecule has 0 spiro atoms. The van der Waals surface area contributed by atoms with Gasteiger partial charge in [0.1, 0.15) is 6.04 Å². The molecule has 1 aliphatic heterocycles. The number of aliphatic hydroxyl groups excluding tert-OH is 1. The number of nitrogens with zero attached hydrogens (tertiary/aromatic N) is 1. The fourth-order valence-corrected chi connectivity index (χ4v) is 3.24. The van der Waals surface area contributed by atoms with Gasteiger partial charge in [-0.2, -0.15) is 4.31 Å². The summed E-state index contributed by atoms with van der Waals surface area (Å²) in [6.45, 7) is 0.772. The minimum atomic E-state index is -3.55. The number of rotatable bonds is 8. The van der Waals surface area contributed by atoms with Gasteiger partial charge < -0.3 is 20.3 Å². The number of aliphatic hydroxyl groups is 1. The van der Waals surface area contributed by atoms with Gasteiger partial charge in [-0.15, -0.1) is 0 Å². The number of nitrogens with one attached hydrogen (secondary N) is 1. The summed E-state index contributed by atoms with van der Waals surface area (Å²) < 4.78 is 30.2. The first kappa shape index (κ1) is 17.8. The Hall–Kier alpha value is -1.23. The van der Waals surface area contributed by atoms with E-state index in [1.165, 1.54) is 4.31 Å². The number of sulfonamides is 1. The smallest absolute Gasteiger partial charge is 0.326 e. The van der Waals surface area contributed by atoms with Crippen LogP contribution < -0.4 is 5.32 Å². The Morgan fingerprint density at radius 1 is 1.29 bits per heavy atom. The SMILES string of the molecule is O=C(CCS(=O)(=O)N1CCOCC1)N[C@H](CCO)C(=O)O. The van der Waals surface area contributed by atoms with Gasteiger partial charge in [-0.3, -0.25) is 4.79 Å². The maximum Gasteiger partial charge on any atom is 0.326 e. The molecule has 9 nitrogen and oxygen atoms in total. The minimum Gasteiger partial charge on any atom is -0.480 e. The quantitative estimate of drug-likeness (QED) is 0.470. The van der Waals surface area contributed by atoms with E-state index in [1.54, 1.807) is 0 Å². The monoisotopic (exact) mass is 324 g/mol. The van der Waals surface area contributed by atoms with Crippen molar-refractivity contribution >= 4 is 21.9 Å². The van der Waals surface area contributed by atoms with Gasteiger partial charge in [0.05, 0.1) is 19.0 Å². The molecule has 0 unspecified atom stereocenters. The average Bonchev–Trinajstić information content (AvgIpc) is 2.45. The van der Waals surface area contributed by atoms with Gasteiger partial charge in [0.25, 0.3) is 0 Å². The second-order valence-electron chi connectivity index (χ2n) is 4.55. The molecule has 3 N–H and O–H groups in total. The van der Waals surface area contributed by atoms with E-state index in [1.807, 2.05) is 0 Å². The number of carboxylic acids is 1. The van der Waals surface area contributed by atoms with Crippen molar-refractivity contribution in [1.82, 2.24) is 9.62 Å². The number of ether oxygens (including phenoxy) is 1. The number of amides is 1. The number of hydrogen-bond acceptors (Lipinski definition) is 6. The van der Waals surface area contributed by atoms with Crippen LogP contribution in [-0.4, -0.2) is 79.5 Å². The van der Waals surface area contributed by atoms with Gasteiger partial charge in [-0.05, 0) is 0 Å². The number of aliphatic carboxylic acids is 1. The van der Waals surface area contributed by atoms with E-state index in [2.05, 4.69) is 5.32 Å². The number of carbonyl (C=O) groups is 2. The summed E-state index contributed by atoms with van der Waals surface area (Å²) in [5.41, 5.74) is 0. The first-order valence-electron chi connectivity index (χ1n) is 6.55. The molecule has 1 saturated heterocycles. The van der Waals surface area contributed by atoms with Crippen LogP contribution in [0.4, 0.5) is 0 Å². The van der Waals surface area contributed by atoms with Crippen molar-refractivity contribution in [3.63, 3.8) is 0 Å². The van der Waals surface area contributed by atoms with E-state index in [9.17, 15) is 18.0 Å². The van der Waals surface area contributed by atoms with E-state index < -0.39 is 27.9 Å². The molecule has 1 amide bonds. The first-order chi connectivity index (χ1) is 9.86. The zero-order valence-electron chi connectivity index (χ0n) is 11.5. The third kappa shape index (κ3) is 5.96. The standard InChI is InChI=1S/C11H20N2O7S/c14-5-1-9(11(16)17)12-10(15)2-8-21(18,19)13-3-6-20-7-4-13/h9,14H,1-8H2,(H,12,15)(H,16,17)/t9-/m1/s1. The third-order valence-corrected chi connectivity index (χ3v) is 4.87. The summed E-state index contributed by atoms with van der Waals surface area (Å²) in [6, 6.07) is -1.21. The van der Waals surface area contributed by atoms with Crippen LogP contribution >= 0.6 is 0 Å². The minimum absolute atomic E-state index is 0.128. The largest absolute Gasteiger partial charge is 0.480 e. The number of hydrogen-bond donors (Lipinski definition) is 3. The Morgan fingerprint density at radius 3 is 2.43 bits per heavy atom. The van der Waals surface area contributed by atoms with Crippen molar-refractivity contribution in [2.45, 2.75) is 18.9 Å². The Balaban J connectivity index is 2.45. The molecule has 1 aliphatic rings. The number of carboxylic acid groups (broad SMARTS) is 1. The highest BCUT2D eigenvalue weighted by Gasteiger charge is 2.26. The summed E-state index contributed by atoms with van der Waals surface area (Å²) in [7, 11) is -3.55. The van der Waals surface area contributed by atoms with E-state index in [0.29, 0.717) is 13.2 Å². The fraction of sp³-hybridized carbons (Fsp3) is 0.818. The molecule has 0 radical (unpaired) electrons. The zero-order valence-corrected chi connectivity index (χ0v) is 12.3. The lowest BCUT2D eigenvalue weighted by Gasteiger charge is -2.26. The zero-order chi connectivity index (χ0) is 15.9. The second kappa shape index (κ2) is 8.27. The van der Waals surface area contributed by atoms with E-state index in [0.717, 1.165) is 0 Å². The molecule has 21 heavy (non-hydrogen) atoms. The molecule has 0 aromatic heterocycles. The van der Waals surface area contributed by atoms with E-state index >= 15 is 0 Å². The average molecular weight is 324 g/mol. The van der Waals surface area contributed by atoms with E-state index in [-0.39, 0.29) is 38.3 Å². The molecular formula is C11H20N2O7S. The summed E-state index contributed by atoms with van der Waals surface area (Å²) in [6.07, 6.45) is -0.452. The second-order valence-corrected chi connectivity index (χ2v) is 6.64. The molecule has 1 rings (SSSR count). The molecule has 1 fully saturated rings. The van der Waals surface area contributed by atoms with Gasteiger partial charge in [0.15, 0.2) is 0 Å². The highest BCUT2D eigenvalue weighted by atomic mass is 32.2. The normalized spacial score (nSPS) is 18.1. The van der Waals surface area contributed by atoms with Crippen LogP contribution in [-0.2, 0) is 24.3 Å². The van der Waals surface area contributed by atoms with Crippen molar-refractivity contribution in [1.29, 1.82) is 0 Å². The third-order valence-electron chi connectivity index (χ3n) is 3.00. The van der Waals surface area contributed by atoms with Crippen molar-refractivity contribution < 1.29 is 33.0 Å². The Bertz CT molecular complexity index is 459. The summed E-state index contributed by atoms with van der Waals surface area (Å²) >= 11 is 0. The van der Waals surface area contributed by atoms with Crippen LogP contribution in [0, 0.1) is 0 Å². The molecular weight excluding hydrogens is 304 g/mol. The maximum atomic E-state index is 12.0. The van der Waals surface area contributed by atoms with Gasteiger partial charge >= 0.3 is 5.97 Å². The van der Waals surface area contributed by atoms with Crippen LogP contribution in [0.1, 0.15) is 12.8 Å². The molecule has 122 valence electrons. The lowest BCUT2D eigenvalue weighted by atomic mass is 10.2. The molecule has 0 bridgehead atoms. The molecule has 0 saturated carbocycles. The van der Waals surface area contributed by atoms with Crippen LogP contribution in [0.25, 0.3) is 0 Å². The van der Waals surface area contributed by atoms with Gasteiger partial charge in [0, 0.05) is 32.5 Å². The van der Waals surface area contributed by atoms with Crippen LogP contribution in [0.2, 0.25) is 0 Å². The van der Waals surface area contributed by atoms with Crippen LogP contribution in [0.15, 0.2) is 0 Å². The van der Waals surface area contributed by atoms with Crippen molar-refractivity contribution in [2.75, 3.05) is 38.7 Å². The molecule has 0 aromatic carbocycles. The Morgan fingerprint density at radius 2 is 1.90 bits per heavy atom. The highest BCUT2D eigenvalue weighted by molar-refractivity contribution is 7.89. The van der Waals surface area contributed by atoms with Crippen LogP contribution in [0.3, 0.4) is 0 Å². The van der Waals surface area contributed by atoms with Crippen molar-refractivity contribution in [3.8, 4) is 0 Å². The van der Waals surface area contributed by atoms with Crippen LogP contribution in [0.5, 0.6) is 0 Å². The summed E-state index contributed by atoms with van der Waals surface area (Å²) in [4.78, 5) is 22.4. The number of carbonyl (C=O) groups excluding carboxylic acids is 1. The summed E-state index contributed by atoms with van der Waals surface area (Å²) in [5.74, 6) is -2.33. The molecule has 10 heteroatoms. The Labute approximate surface area is 122 Å². The fourth-order valence-electron chi connectivity index (χ4n) is 1.83. The van der Waals surface area contributed by atoms with Crippen molar-refractivity contribution in [3.05, 3.63) is 0 Å². The lowest BCUT2D eigenvalue weighted by Crippen LogP contribution is -2.44. The van der Waals surface area contributed by atoms with Gasteiger partial charge in [0.2, 0.25) is 15.9 Å². The molecule has 0 aromatic rings. The maximum absolute atomic E-state index is 12.0. The topological polar surface area (TPSA) is 133 Å². The predicted molar refractivity (Wildman–Crippen MR) is 72.1 cm³/mol. The number of morpholine rings is 1. The predicted octanol–water partition coefficient (Wildman–Crippen LogP) is -2.01. The summed E-state index contributed by atoms with van der Waals surface area (Å²) in [5, 5.41) is 19.7. The first-order valence-corrected chi connectivity index (χ1v) is 8.16. The molecule has 1 heterocycles. The van der Waals surface area contributed by atoms with E-state index in [4.69, 9.17) is 14.9 Å². The van der Waals surface area contributed by atoms with Gasteiger partial charge in [-0.1, -0.05) is 0 Å². The van der Waals surface area contributed by atoms with Gasteiger partial charge in [-0.25, -0.2) is 13.2 Å². The lowest BCUT2D eigenvalue weighted by molar-refractivity contribution is -0.142. The molecule has 1 atom stereocenters. The molecule has 0 aliphatic carbocycles. The Kier molecular flexibility index (Phi) is 7.02. The van der Waals surface area contributed by atoms with Crippen molar-refractivity contribution in [2.24, 2.45) is 0 Å².